The van der Waals surface area contributed by atoms with E-state index in [-0.39, 0.29) is 5.97 Å². The van der Waals surface area contributed by atoms with Crippen molar-refractivity contribution >= 4 is 33.4 Å². The minimum atomic E-state index is -0.327. The highest BCUT2D eigenvalue weighted by Crippen LogP contribution is 2.37. The fraction of sp³-hybridized carbons (Fsp3) is 0.111. The first-order chi connectivity index (χ1) is 11.2. The normalized spacial score (nSPS) is 10.5. The van der Waals surface area contributed by atoms with Gasteiger partial charge in [-0.25, -0.2) is 4.79 Å². The molecule has 0 saturated carbocycles. The maximum atomic E-state index is 12.3. The number of halogens is 1. The molecule has 0 aliphatic rings. The van der Waals surface area contributed by atoms with Gasteiger partial charge in [-0.3, -0.25) is 0 Å². The van der Waals surface area contributed by atoms with E-state index in [0.717, 1.165) is 26.9 Å². The minimum Gasteiger partial charge on any atom is -0.462 e. The van der Waals surface area contributed by atoms with Gasteiger partial charge >= 0.3 is 5.97 Å². The van der Waals surface area contributed by atoms with E-state index in [1.54, 1.807) is 6.92 Å². The van der Waals surface area contributed by atoms with Gasteiger partial charge in [-0.15, -0.1) is 0 Å². The van der Waals surface area contributed by atoms with E-state index in [4.69, 9.17) is 4.74 Å². The molecule has 0 amide bonds. The van der Waals surface area contributed by atoms with Crippen LogP contribution < -0.4 is 0 Å². The molecule has 23 heavy (non-hydrogen) atoms. The Labute approximate surface area is 147 Å². The van der Waals surface area contributed by atoms with Gasteiger partial charge in [-0.1, -0.05) is 58.4 Å². The molecule has 5 heteroatoms. The molecule has 0 radical (unpaired) electrons. The van der Waals surface area contributed by atoms with E-state index < -0.39 is 0 Å². The summed E-state index contributed by atoms with van der Waals surface area (Å²) in [6.45, 7) is 2.15. The van der Waals surface area contributed by atoms with Crippen molar-refractivity contribution in [2.75, 3.05) is 6.61 Å². The average molecular weight is 388 g/mol. The molecule has 0 N–H and O–H groups in total. The van der Waals surface area contributed by atoms with Crippen LogP contribution in [0.5, 0.6) is 0 Å². The highest BCUT2D eigenvalue weighted by Gasteiger charge is 2.22. The lowest BCUT2D eigenvalue weighted by Crippen LogP contribution is -2.03. The zero-order chi connectivity index (χ0) is 16.2. The number of hydrogen-bond donors (Lipinski definition) is 0. The van der Waals surface area contributed by atoms with Crippen LogP contribution in [0.15, 0.2) is 59.1 Å². The van der Waals surface area contributed by atoms with Gasteiger partial charge in [0.15, 0.2) is 0 Å². The van der Waals surface area contributed by atoms with Crippen LogP contribution in [0.2, 0.25) is 0 Å². The van der Waals surface area contributed by atoms with Crippen molar-refractivity contribution in [1.29, 1.82) is 0 Å². The maximum absolute atomic E-state index is 12.3. The van der Waals surface area contributed by atoms with Crippen molar-refractivity contribution in [3.05, 3.63) is 63.9 Å². The van der Waals surface area contributed by atoms with Crippen molar-refractivity contribution in [2.45, 2.75) is 6.92 Å². The summed E-state index contributed by atoms with van der Waals surface area (Å²) in [7, 11) is 0. The molecule has 0 atom stereocenters. The quantitative estimate of drug-likeness (QED) is 0.561. The van der Waals surface area contributed by atoms with E-state index in [1.807, 2.05) is 54.6 Å². The molecule has 3 nitrogen and oxygen atoms in total. The molecule has 116 valence electrons. The molecule has 2 aromatic carbocycles. The second kappa shape index (κ2) is 7.06. The number of esters is 1. The zero-order valence-corrected chi connectivity index (χ0v) is 14.9. The number of hydrogen-bond acceptors (Lipinski definition) is 4. The summed E-state index contributed by atoms with van der Waals surface area (Å²) in [4.78, 5) is 12.8. The molecule has 3 rings (SSSR count). The molecule has 1 heterocycles. The highest BCUT2D eigenvalue weighted by molar-refractivity contribution is 9.10. The van der Waals surface area contributed by atoms with Gasteiger partial charge in [0, 0.05) is 15.6 Å². The second-order valence-electron chi connectivity index (χ2n) is 4.83. The summed E-state index contributed by atoms with van der Waals surface area (Å²) < 4.78 is 10.7. The van der Waals surface area contributed by atoms with Gasteiger partial charge in [0.05, 0.1) is 12.3 Å². The Morgan fingerprint density at radius 3 is 2.43 bits per heavy atom. The summed E-state index contributed by atoms with van der Waals surface area (Å²) in [5, 5.41) is 0. The Balaban J connectivity index is 2.17. The molecule has 3 aromatic rings. The first kappa shape index (κ1) is 15.9. The molecule has 0 unspecified atom stereocenters. The third-order valence-electron chi connectivity index (χ3n) is 3.33. The Hall–Kier alpha value is -1.98. The second-order valence-corrected chi connectivity index (χ2v) is 6.52. The van der Waals surface area contributed by atoms with Gasteiger partial charge in [-0.05, 0) is 36.2 Å². The Kier molecular flexibility index (Phi) is 4.88. The van der Waals surface area contributed by atoms with E-state index in [2.05, 4.69) is 20.3 Å². The Bertz CT molecular complexity index is 813. The summed E-state index contributed by atoms with van der Waals surface area (Å²) in [6, 6.07) is 17.7. The van der Waals surface area contributed by atoms with Crippen LogP contribution in [0.3, 0.4) is 0 Å². The van der Waals surface area contributed by atoms with Gasteiger partial charge in [0.2, 0.25) is 0 Å². The lowest BCUT2D eigenvalue weighted by Gasteiger charge is -2.07. The third kappa shape index (κ3) is 3.35. The minimum absolute atomic E-state index is 0.327. The SMILES string of the molecule is CCOC(=O)c1snc(-c2ccc(Br)cc2)c1-c1ccccc1. The van der Waals surface area contributed by atoms with Crippen LogP contribution in [0, 0.1) is 0 Å². The first-order valence-corrected chi connectivity index (χ1v) is 8.75. The van der Waals surface area contributed by atoms with Crippen molar-refractivity contribution in [3.8, 4) is 22.4 Å². The number of carbonyl (C=O) groups excluding carboxylic acids is 1. The highest BCUT2D eigenvalue weighted by atomic mass is 79.9. The van der Waals surface area contributed by atoms with Crippen LogP contribution in [0.1, 0.15) is 16.6 Å². The van der Waals surface area contributed by atoms with E-state index in [9.17, 15) is 4.79 Å². The van der Waals surface area contributed by atoms with Crippen molar-refractivity contribution in [2.24, 2.45) is 0 Å². The van der Waals surface area contributed by atoms with Crippen LogP contribution in [-0.2, 0) is 4.74 Å². The van der Waals surface area contributed by atoms with Gasteiger partial charge in [-0.2, -0.15) is 4.37 Å². The van der Waals surface area contributed by atoms with Gasteiger partial charge < -0.3 is 4.74 Å². The molecular formula is C18H14BrNO2S. The zero-order valence-electron chi connectivity index (χ0n) is 12.5. The molecule has 0 bridgehead atoms. The largest absolute Gasteiger partial charge is 0.462 e. The van der Waals surface area contributed by atoms with Gasteiger partial charge in [0.25, 0.3) is 0 Å². The number of carbonyl (C=O) groups is 1. The van der Waals surface area contributed by atoms with Crippen molar-refractivity contribution < 1.29 is 9.53 Å². The van der Waals surface area contributed by atoms with Gasteiger partial charge in [0.1, 0.15) is 4.88 Å². The van der Waals surface area contributed by atoms with E-state index in [1.165, 1.54) is 11.5 Å². The summed E-state index contributed by atoms with van der Waals surface area (Å²) in [5.74, 6) is -0.327. The van der Waals surface area contributed by atoms with Crippen LogP contribution in [0.25, 0.3) is 22.4 Å². The molecule has 0 aliphatic heterocycles. The standard InChI is InChI=1S/C18H14BrNO2S/c1-2-22-18(21)17-15(12-6-4-3-5-7-12)16(20-23-17)13-8-10-14(19)11-9-13/h3-11H,2H2,1H3. The Morgan fingerprint density at radius 2 is 1.78 bits per heavy atom. The Morgan fingerprint density at radius 1 is 1.09 bits per heavy atom. The number of aromatic nitrogens is 1. The number of nitrogens with zero attached hydrogens (tertiary/aromatic N) is 1. The van der Waals surface area contributed by atoms with Crippen LogP contribution >= 0.6 is 27.5 Å². The maximum Gasteiger partial charge on any atom is 0.350 e. The fourth-order valence-electron chi connectivity index (χ4n) is 2.30. The number of rotatable bonds is 4. The predicted octanol–water partition coefficient (Wildman–Crippen LogP) is 5.42. The average Bonchev–Trinajstić information content (AvgIpc) is 3.01. The van der Waals surface area contributed by atoms with E-state index >= 15 is 0 Å². The monoisotopic (exact) mass is 387 g/mol. The van der Waals surface area contributed by atoms with Crippen molar-refractivity contribution in [1.82, 2.24) is 4.37 Å². The van der Waals surface area contributed by atoms with Crippen LogP contribution in [0.4, 0.5) is 0 Å². The lowest BCUT2D eigenvalue weighted by atomic mass is 9.99. The van der Waals surface area contributed by atoms with Crippen LogP contribution in [-0.4, -0.2) is 16.9 Å². The molecule has 1 aromatic heterocycles. The topological polar surface area (TPSA) is 39.2 Å². The molecule has 0 fully saturated rings. The first-order valence-electron chi connectivity index (χ1n) is 7.19. The molecular weight excluding hydrogens is 374 g/mol. The summed E-state index contributed by atoms with van der Waals surface area (Å²) in [6.07, 6.45) is 0. The lowest BCUT2D eigenvalue weighted by molar-refractivity contribution is 0.0533. The van der Waals surface area contributed by atoms with Crippen molar-refractivity contribution in [3.63, 3.8) is 0 Å². The molecule has 0 spiro atoms. The molecule has 0 aliphatic carbocycles. The summed E-state index contributed by atoms with van der Waals surface area (Å²) >= 11 is 4.62. The number of benzene rings is 2. The van der Waals surface area contributed by atoms with E-state index in [0.29, 0.717) is 11.5 Å². The fourth-order valence-corrected chi connectivity index (χ4v) is 3.39. The molecule has 0 saturated heterocycles. The summed E-state index contributed by atoms with van der Waals surface area (Å²) in [5.41, 5.74) is 3.56. The smallest absolute Gasteiger partial charge is 0.350 e. The third-order valence-corrected chi connectivity index (χ3v) is 4.69. The number of ether oxygens (including phenoxy) is 1. The predicted molar refractivity (Wildman–Crippen MR) is 96.6 cm³/mol.